The number of carbonyl (C=O) groups is 2. The summed E-state index contributed by atoms with van der Waals surface area (Å²) in [5.41, 5.74) is 2.34. The third-order valence-corrected chi connectivity index (χ3v) is 4.73. The highest BCUT2D eigenvalue weighted by molar-refractivity contribution is 5.90. The molecule has 1 N–H and O–H groups in total. The maximum Gasteiger partial charge on any atom is 0.414 e. The van der Waals surface area contributed by atoms with E-state index in [0.29, 0.717) is 17.1 Å². The molecule has 0 unspecified atom stereocenters. The number of pyridine rings is 1. The van der Waals surface area contributed by atoms with Gasteiger partial charge in [-0.1, -0.05) is 6.08 Å². The average Bonchev–Trinajstić information content (AvgIpc) is 3.38. The van der Waals surface area contributed by atoms with E-state index in [9.17, 15) is 14.0 Å². The Hall–Kier alpha value is -4.01. The number of carbonyl (C=O) groups excluding carboxylic acids is 2. The van der Waals surface area contributed by atoms with Crippen LogP contribution < -0.4 is 10.2 Å². The van der Waals surface area contributed by atoms with Crippen LogP contribution in [-0.4, -0.2) is 45.7 Å². The monoisotopic (exact) mass is 421 g/mol. The Morgan fingerprint density at radius 2 is 2.10 bits per heavy atom. The lowest BCUT2D eigenvalue weighted by Gasteiger charge is -2.14. The van der Waals surface area contributed by atoms with Crippen molar-refractivity contribution >= 4 is 29.8 Å². The first-order valence-corrected chi connectivity index (χ1v) is 9.64. The Kier molecular flexibility index (Phi) is 5.74. The van der Waals surface area contributed by atoms with E-state index < -0.39 is 18.0 Å². The van der Waals surface area contributed by atoms with E-state index in [-0.39, 0.29) is 19.0 Å². The molecule has 0 aliphatic carbocycles. The van der Waals surface area contributed by atoms with Gasteiger partial charge in [-0.15, -0.1) is 0 Å². The topological polar surface area (TPSA) is 89.4 Å². The predicted octanol–water partition coefficient (Wildman–Crippen LogP) is 3.04. The number of nitrogens with one attached hydrogen (secondary N) is 1. The van der Waals surface area contributed by atoms with E-state index in [4.69, 9.17) is 4.74 Å². The van der Waals surface area contributed by atoms with Crippen LogP contribution in [0.5, 0.6) is 0 Å². The van der Waals surface area contributed by atoms with Crippen molar-refractivity contribution in [1.82, 2.24) is 19.9 Å². The lowest BCUT2D eigenvalue weighted by atomic mass is 10.2. The minimum Gasteiger partial charge on any atom is -0.442 e. The molecule has 1 aliphatic heterocycles. The zero-order valence-corrected chi connectivity index (χ0v) is 16.7. The summed E-state index contributed by atoms with van der Waals surface area (Å²) in [4.78, 5) is 32.8. The molecule has 0 radical (unpaired) electrons. The number of halogens is 1. The van der Waals surface area contributed by atoms with Gasteiger partial charge in [-0.05, 0) is 42.0 Å². The van der Waals surface area contributed by atoms with Gasteiger partial charge in [0.1, 0.15) is 11.9 Å². The minimum absolute atomic E-state index is 0.208. The van der Waals surface area contributed by atoms with Crippen LogP contribution >= 0.6 is 0 Å². The van der Waals surface area contributed by atoms with Crippen LogP contribution in [0.1, 0.15) is 18.2 Å². The Bertz CT molecular complexity index is 1130. The average molecular weight is 421 g/mol. The molecule has 1 saturated heterocycles. The van der Waals surface area contributed by atoms with E-state index in [1.165, 1.54) is 24.2 Å². The summed E-state index contributed by atoms with van der Waals surface area (Å²) in [6.45, 7) is 1.83. The number of hydrogen-bond acceptors (Lipinski definition) is 5. The van der Waals surface area contributed by atoms with Crippen LogP contribution in [0.2, 0.25) is 0 Å². The van der Waals surface area contributed by atoms with E-state index in [0.717, 1.165) is 5.56 Å². The Morgan fingerprint density at radius 1 is 1.29 bits per heavy atom. The first-order valence-electron chi connectivity index (χ1n) is 9.64. The van der Waals surface area contributed by atoms with Crippen LogP contribution in [-0.2, 0) is 9.53 Å². The molecule has 3 heterocycles. The van der Waals surface area contributed by atoms with Gasteiger partial charge in [-0.2, -0.15) is 0 Å². The second-order valence-corrected chi connectivity index (χ2v) is 7.01. The summed E-state index contributed by atoms with van der Waals surface area (Å²) in [5, 5.41) is 2.61. The van der Waals surface area contributed by atoms with Crippen LogP contribution in [0, 0.1) is 5.82 Å². The molecule has 1 aliphatic rings. The van der Waals surface area contributed by atoms with Crippen LogP contribution in [0.15, 0.2) is 55.2 Å². The maximum absolute atomic E-state index is 14.8. The zero-order chi connectivity index (χ0) is 21.8. The summed E-state index contributed by atoms with van der Waals surface area (Å²) in [5.74, 6) is -0.710. The molecule has 1 fully saturated rings. The fourth-order valence-electron chi connectivity index (χ4n) is 3.18. The van der Waals surface area contributed by atoms with Crippen molar-refractivity contribution in [3.8, 4) is 5.69 Å². The largest absolute Gasteiger partial charge is 0.442 e. The van der Waals surface area contributed by atoms with Crippen molar-refractivity contribution in [2.45, 2.75) is 13.0 Å². The minimum atomic E-state index is -0.575. The van der Waals surface area contributed by atoms with Gasteiger partial charge in [0, 0.05) is 25.5 Å². The standard InChI is InChI=1S/C22H20FN5O3/c1-15(29)25-11-19-13-28(22(30)31-19)18-4-5-21(20(23)10-18)27-12-17(26-14-27)3-2-16-6-8-24-9-7-16/h2-10,12,14,19H,11,13H2,1H3,(H,25,29)/t19-/m0/s1. The van der Waals surface area contributed by atoms with Gasteiger partial charge in [-0.25, -0.2) is 14.2 Å². The van der Waals surface area contributed by atoms with Gasteiger partial charge in [0.05, 0.1) is 36.5 Å². The molecule has 3 aromatic rings. The molecule has 1 atom stereocenters. The summed E-state index contributed by atoms with van der Waals surface area (Å²) in [6, 6.07) is 8.25. The fraction of sp³-hybridized carbons (Fsp3) is 0.182. The van der Waals surface area contributed by atoms with Gasteiger partial charge in [-0.3, -0.25) is 14.7 Å². The molecule has 2 aromatic heterocycles. The van der Waals surface area contributed by atoms with Crippen molar-refractivity contribution < 1.29 is 18.7 Å². The van der Waals surface area contributed by atoms with Gasteiger partial charge in [0.25, 0.3) is 0 Å². The van der Waals surface area contributed by atoms with Gasteiger partial charge in [0.15, 0.2) is 0 Å². The highest BCUT2D eigenvalue weighted by Crippen LogP contribution is 2.25. The number of imidazole rings is 1. The Morgan fingerprint density at radius 3 is 2.84 bits per heavy atom. The lowest BCUT2D eigenvalue weighted by Crippen LogP contribution is -2.33. The molecule has 158 valence electrons. The van der Waals surface area contributed by atoms with Crippen molar-refractivity contribution in [2.75, 3.05) is 18.0 Å². The summed E-state index contributed by atoms with van der Waals surface area (Å²) >= 11 is 0. The maximum atomic E-state index is 14.8. The van der Waals surface area contributed by atoms with Crippen molar-refractivity contribution in [2.24, 2.45) is 0 Å². The molecule has 8 nitrogen and oxygen atoms in total. The first-order chi connectivity index (χ1) is 15.0. The third kappa shape index (κ3) is 4.77. The lowest BCUT2D eigenvalue weighted by molar-refractivity contribution is -0.119. The number of nitrogens with zero attached hydrogens (tertiary/aromatic N) is 4. The number of amides is 2. The number of aromatic nitrogens is 3. The van der Waals surface area contributed by atoms with Gasteiger partial charge in [0.2, 0.25) is 5.91 Å². The zero-order valence-electron chi connectivity index (χ0n) is 16.7. The molecule has 2 amide bonds. The Labute approximate surface area is 178 Å². The number of anilines is 1. The molecule has 9 heteroatoms. The van der Waals surface area contributed by atoms with Gasteiger partial charge >= 0.3 is 6.09 Å². The van der Waals surface area contributed by atoms with Crippen LogP contribution in [0.3, 0.4) is 0 Å². The smallest absolute Gasteiger partial charge is 0.414 e. The molecular weight excluding hydrogens is 401 g/mol. The summed E-state index contributed by atoms with van der Waals surface area (Å²) < 4.78 is 21.6. The SMILES string of the molecule is CC(=O)NC[C@H]1CN(c2ccc(-n3cnc(C=Cc4ccncc4)c3)c(F)c2)C(=O)O1. The quantitative estimate of drug-likeness (QED) is 0.661. The van der Waals surface area contributed by atoms with E-state index in [1.54, 1.807) is 35.3 Å². The molecule has 0 spiro atoms. The molecule has 0 saturated carbocycles. The highest BCUT2D eigenvalue weighted by Gasteiger charge is 2.32. The van der Waals surface area contributed by atoms with E-state index >= 15 is 0 Å². The second kappa shape index (κ2) is 8.78. The van der Waals surface area contributed by atoms with Crippen molar-refractivity contribution in [3.63, 3.8) is 0 Å². The second-order valence-electron chi connectivity index (χ2n) is 7.01. The number of cyclic esters (lactones) is 1. The van der Waals surface area contributed by atoms with Crippen molar-refractivity contribution in [1.29, 1.82) is 0 Å². The molecular formula is C22H20FN5O3. The molecule has 31 heavy (non-hydrogen) atoms. The molecule has 4 rings (SSSR count). The fourth-order valence-corrected chi connectivity index (χ4v) is 3.18. The van der Waals surface area contributed by atoms with Crippen LogP contribution in [0.25, 0.3) is 17.8 Å². The number of rotatable bonds is 6. The first kappa shape index (κ1) is 20.3. The highest BCUT2D eigenvalue weighted by atomic mass is 19.1. The Balaban J connectivity index is 1.47. The molecule has 1 aromatic carbocycles. The predicted molar refractivity (Wildman–Crippen MR) is 113 cm³/mol. The van der Waals surface area contributed by atoms with E-state index in [2.05, 4.69) is 15.3 Å². The van der Waals surface area contributed by atoms with Gasteiger partial charge < -0.3 is 14.6 Å². The normalized spacial score (nSPS) is 16.0. The van der Waals surface area contributed by atoms with Crippen molar-refractivity contribution in [3.05, 3.63) is 72.3 Å². The summed E-state index contributed by atoms with van der Waals surface area (Å²) in [6.07, 6.45) is 9.30. The summed E-state index contributed by atoms with van der Waals surface area (Å²) in [7, 11) is 0. The third-order valence-electron chi connectivity index (χ3n) is 4.73. The number of benzene rings is 1. The number of ether oxygens (including phenoxy) is 1. The van der Waals surface area contributed by atoms with E-state index in [1.807, 2.05) is 24.3 Å². The van der Waals surface area contributed by atoms with Crippen LogP contribution in [0.4, 0.5) is 14.9 Å². The number of hydrogen-bond donors (Lipinski definition) is 1. The molecule has 0 bridgehead atoms.